The van der Waals surface area contributed by atoms with Gasteiger partial charge in [-0.05, 0) is 24.3 Å². The Bertz CT molecular complexity index is 733. The molecule has 27 heavy (non-hydrogen) atoms. The zero-order chi connectivity index (χ0) is 20.5. The van der Waals surface area contributed by atoms with Gasteiger partial charge in [0.25, 0.3) is 0 Å². The zero-order valence-corrected chi connectivity index (χ0v) is 19.7. The Morgan fingerprint density at radius 2 is 1.52 bits per heavy atom. The molecule has 0 amide bonds. The number of carbonyl (C=O) groups is 1. The number of rotatable bonds is 7. The van der Waals surface area contributed by atoms with Gasteiger partial charge in [-0.3, -0.25) is 4.79 Å². The smallest absolute Gasteiger partial charge is 0.171 e. The Kier molecular flexibility index (Phi) is 8.89. The van der Waals surface area contributed by atoms with E-state index in [1.165, 1.54) is 0 Å². The number of hydrogen-bond donors (Lipinski definition) is 0. The third-order valence-corrected chi connectivity index (χ3v) is 5.22. The molecule has 3 nitrogen and oxygen atoms in total. The van der Waals surface area contributed by atoms with Crippen LogP contribution < -0.4 is 9.47 Å². The molecule has 0 aromatic heterocycles. The van der Waals surface area contributed by atoms with E-state index in [-0.39, 0.29) is 18.3 Å². The van der Waals surface area contributed by atoms with Crippen LogP contribution in [0.3, 0.4) is 0 Å². The fourth-order valence-corrected chi connectivity index (χ4v) is 3.37. The molecule has 5 heteroatoms. The Hall–Kier alpha value is -1.96. The predicted molar refractivity (Wildman–Crippen MR) is 118 cm³/mol. The van der Waals surface area contributed by atoms with Crippen LogP contribution in [-0.4, -0.2) is 35.6 Å². The number of ketones is 1. The Labute approximate surface area is 166 Å². The second kappa shape index (κ2) is 10.4. The van der Waals surface area contributed by atoms with Gasteiger partial charge in [0.1, 0.15) is 34.3 Å². The van der Waals surface area contributed by atoms with Crippen molar-refractivity contribution in [2.24, 2.45) is 5.92 Å². The van der Waals surface area contributed by atoms with E-state index in [2.05, 4.69) is 62.2 Å². The normalized spacial score (nSPS) is 12.1. The maximum Gasteiger partial charge on any atom is 0.171 e. The standard InChI is InChI=1S/C22H32O3Si2/c1-24-21-10-12-22(13-11-21)25-18-20(23)17-19(14-16-27(5,6)7)9-8-15-26(2,3)4/h10-13,19H,9,17-18H2,1-7H3. The molecule has 1 aromatic carbocycles. The van der Waals surface area contributed by atoms with Gasteiger partial charge in [-0.25, -0.2) is 0 Å². The summed E-state index contributed by atoms with van der Waals surface area (Å²) in [5, 5.41) is 0. The van der Waals surface area contributed by atoms with Crippen molar-refractivity contribution in [3.8, 4) is 34.4 Å². The minimum Gasteiger partial charge on any atom is -0.497 e. The average molecular weight is 401 g/mol. The van der Waals surface area contributed by atoms with Crippen molar-refractivity contribution >= 4 is 21.9 Å². The van der Waals surface area contributed by atoms with Crippen LogP contribution in [0.1, 0.15) is 12.8 Å². The molecule has 0 aliphatic carbocycles. The highest BCUT2D eigenvalue weighted by Crippen LogP contribution is 2.17. The highest BCUT2D eigenvalue weighted by molar-refractivity contribution is 6.84. The maximum atomic E-state index is 12.4. The first-order chi connectivity index (χ1) is 12.5. The second-order valence-corrected chi connectivity index (χ2v) is 18.2. The summed E-state index contributed by atoms with van der Waals surface area (Å²) in [6.07, 6.45) is 1.03. The minimum atomic E-state index is -1.48. The lowest BCUT2D eigenvalue weighted by molar-refractivity contribution is -0.121. The number of carbonyl (C=O) groups excluding carboxylic acids is 1. The van der Waals surface area contributed by atoms with Crippen LogP contribution in [0.15, 0.2) is 24.3 Å². The van der Waals surface area contributed by atoms with Gasteiger partial charge in [0.15, 0.2) is 5.78 Å². The van der Waals surface area contributed by atoms with Gasteiger partial charge in [-0.1, -0.05) is 39.3 Å². The number of hydrogen-bond acceptors (Lipinski definition) is 3. The lowest BCUT2D eigenvalue weighted by Gasteiger charge is -2.11. The molecule has 0 aliphatic rings. The summed E-state index contributed by atoms with van der Waals surface area (Å²) in [4.78, 5) is 12.4. The highest BCUT2D eigenvalue weighted by atomic mass is 28.3. The van der Waals surface area contributed by atoms with Crippen molar-refractivity contribution in [3.63, 3.8) is 0 Å². The number of benzene rings is 1. The lowest BCUT2D eigenvalue weighted by atomic mass is 10.0. The Balaban J connectivity index is 2.69. The van der Waals surface area contributed by atoms with Crippen molar-refractivity contribution in [1.82, 2.24) is 0 Å². The van der Waals surface area contributed by atoms with Crippen LogP contribution in [0, 0.1) is 28.8 Å². The van der Waals surface area contributed by atoms with Crippen molar-refractivity contribution < 1.29 is 14.3 Å². The molecule has 0 saturated heterocycles. The van der Waals surface area contributed by atoms with Crippen LogP contribution >= 0.6 is 0 Å². The fraction of sp³-hybridized carbons (Fsp3) is 0.500. The summed E-state index contributed by atoms with van der Waals surface area (Å²) >= 11 is 0. The molecule has 0 heterocycles. The van der Waals surface area contributed by atoms with E-state index in [1.807, 2.05) is 12.1 Å². The Morgan fingerprint density at radius 3 is 2.04 bits per heavy atom. The molecule has 1 atom stereocenters. The average Bonchev–Trinajstić information content (AvgIpc) is 2.56. The molecule has 1 rings (SSSR count). The van der Waals surface area contributed by atoms with Gasteiger partial charge in [-0.15, -0.1) is 22.9 Å². The van der Waals surface area contributed by atoms with E-state index < -0.39 is 16.1 Å². The van der Waals surface area contributed by atoms with Crippen LogP contribution in [0.4, 0.5) is 0 Å². The topological polar surface area (TPSA) is 35.5 Å². The molecule has 0 fully saturated rings. The van der Waals surface area contributed by atoms with E-state index in [9.17, 15) is 4.79 Å². The van der Waals surface area contributed by atoms with Crippen molar-refractivity contribution in [2.75, 3.05) is 13.7 Å². The van der Waals surface area contributed by atoms with E-state index in [4.69, 9.17) is 9.47 Å². The van der Waals surface area contributed by atoms with Gasteiger partial charge in [-0.2, -0.15) is 0 Å². The Morgan fingerprint density at radius 1 is 0.963 bits per heavy atom. The quantitative estimate of drug-likeness (QED) is 0.487. The molecule has 1 unspecified atom stereocenters. The molecule has 0 aliphatic heterocycles. The van der Waals surface area contributed by atoms with Crippen LogP contribution in [0.25, 0.3) is 0 Å². The van der Waals surface area contributed by atoms with Gasteiger partial charge in [0, 0.05) is 18.8 Å². The van der Waals surface area contributed by atoms with E-state index in [0.29, 0.717) is 18.6 Å². The summed E-state index contributed by atoms with van der Waals surface area (Å²) in [5.74, 6) is 8.04. The first-order valence-electron chi connectivity index (χ1n) is 9.30. The summed E-state index contributed by atoms with van der Waals surface area (Å²) in [6.45, 7) is 13.3. The summed E-state index contributed by atoms with van der Waals surface area (Å²) in [6, 6.07) is 7.23. The number of methoxy groups -OCH3 is 1. The van der Waals surface area contributed by atoms with Gasteiger partial charge >= 0.3 is 0 Å². The molecule has 1 aromatic rings. The summed E-state index contributed by atoms with van der Waals surface area (Å²) in [7, 11) is -1.28. The van der Waals surface area contributed by atoms with Gasteiger partial charge in [0.2, 0.25) is 0 Å². The van der Waals surface area contributed by atoms with Crippen molar-refractivity contribution in [2.45, 2.75) is 52.1 Å². The van der Waals surface area contributed by atoms with E-state index in [1.54, 1.807) is 19.2 Å². The molecule has 0 N–H and O–H groups in total. The highest BCUT2D eigenvalue weighted by Gasteiger charge is 2.15. The molecular weight excluding hydrogens is 368 g/mol. The molecule has 0 bridgehead atoms. The largest absolute Gasteiger partial charge is 0.497 e. The molecule has 0 spiro atoms. The monoisotopic (exact) mass is 400 g/mol. The first-order valence-corrected chi connectivity index (χ1v) is 16.3. The van der Waals surface area contributed by atoms with E-state index in [0.717, 1.165) is 5.75 Å². The first kappa shape index (κ1) is 23.1. The molecular formula is C22H32O3Si2. The van der Waals surface area contributed by atoms with Crippen molar-refractivity contribution in [3.05, 3.63) is 24.3 Å². The van der Waals surface area contributed by atoms with Crippen LogP contribution in [-0.2, 0) is 4.79 Å². The zero-order valence-electron chi connectivity index (χ0n) is 17.7. The summed E-state index contributed by atoms with van der Waals surface area (Å²) in [5.41, 5.74) is 6.76. The summed E-state index contributed by atoms with van der Waals surface area (Å²) < 4.78 is 10.7. The number of Topliss-reactive ketones (excluding diaryl/α,β-unsaturated/α-hetero) is 1. The van der Waals surface area contributed by atoms with Crippen LogP contribution in [0.5, 0.6) is 11.5 Å². The SMILES string of the molecule is COc1ccc(OCC(=O)CC(C#C[Si](C)(C)C)CC#C[Si](C)(C)C)cc1. The second-order valence-electron chi connectivity index (χ2n) is 8.68. The molecule has 0 radical (unpaired) electrons. The minimum absolute atomic E-state index is 0.0208. The number of ether oxygens (including phenoxy) is 2. The predicted octanol–water partition coefficient (Wildman–Crippen LogP) is 4.80. The third-order valence-electron chi connectivity index (χ3n) is 3.40. The maximum absolute atomic E-state index is 12.4. The molecule has 146 valence electrons. The van der Waals surface area contributed by atoms with E-state index >= 15 is 0 Å². The van der Waals surface area contributed by atoms with Crippen molar-refractivity contribution in [1.29, 1.82) is 0 Å². The molecule has 0 saturated carbocycles. The fourth-order valence-electron chi connectivity index (χ4n) is 2.10. The van der Waals surface area contributed by atoms with Gasteiger partial charge in [0.05, 0.1) is 7.11 Å². The van der Waals surface area contributed by atoms with Gasteiger partial charge < -0.3 is 9.47 Å². The third kappa shape index (κ3) is 11.4. The van der Waals surface area contributed by atoms with Crippen LogP contribution in [0.2, 0.25) is 39.3 Å². The lowest BCUT2D eigenvalue weighted by Crippen LogP contribution is -2.19.